The fourth-order valence-corrected chi connectivity index (χ4v) is 4.39. The van der Waals surface area contributed by atoms with Crippen LogP contribution in [-0.4, -0.2) is 25.7 Å². The second kappa shape index (κ2) is 12.6. The molecule has 2 rings (SSSR count). The number of amides is 1. The van der Waals surface area contributed by atoms with E-state index in [1.165, 1.54) is 50.7 Å². The van der Waals surface area contributed by atoms with Gasteiger partial charge in [0.25, 0.3) is 10.1 Å². The normalized spacial score (nSPS) is 11.4. The molecule has 0 unspecified atom stereocenters. The molecule has 0 aromatic heterocycles. The molecule has 0 aliphatic rings. The molecular formula is C25H36N2O5S. The molecule has 8 heteroatoms. The molecule has 0 aliphatic carbocycles. The van der Waals surface area contributed by atoms with Gasteiger partial charge in [-0.15, -0.1) is 0 Å². The zero-order valence-electron chi connectivity index (χ0n) is 19.8. The summed E-state index contributed by atoms with van der Waals surface area (Å²) in [5, 5.41) is 2.76. The number of hydrogen-bond acceptors (Lipinski definition) is 5. The van der Waals surface area contributed by atoms with Gasteiger partial charge in [0.1, 0.15) is 4.90 Å². The number of hydrogen-bond donors (Lipinski definition) is 3. The van der Waals surface area contributed by atoms with Gasteiger partial charge in [0.2, 0.25) is 0 Å². The van der Waals surface area contributed by atoms with Crippen molar-refractivity contribution in [2.75, 3.05) is 17.7 Å². The lowest BCUT2D eigenvalue weighted by Gasteiger charge is -2.14. The van der Waals surface area contributed by atoms with Crippen LogP contribution in [0.5, 0.6) is 0 Å². The Morgan fingerprint density at radius 3 is 2.21 bits per heavy atom. The topological polar surface area (TPSA) is 119 Å². The lowest BCUT2D eigenvalue weighted by atomic mass is 9.98. The molecule has 0 radical (unpaired) electrons. The molecular weight excluding hydrogens is 440 g/mol. The average molecular weight is 477 g/mol. The van der Waals surface area contributed by atoms with Gasteiger partial charge in [0, 0.05) is 5.69 Å². The van der Waals surface area contributed by atoms with Crippen LogP contribution in [0.15, 0.2) is 35.2 Å². The van der Waals surface area contributed by atoms with E-state index in [0.29, 0.717) is 17.9 Å². The van der Waals surface area contributed by atoms with E-state index in [1.54, 1.807) is 12.1 Å². The second-order valence-electron chi connectivity index (χ2n) is 8.45. The van der Waals surface area contributed by atoms with Gasteiger partial charge in [0.15, 0.2) is 0 Å². The predicted octanol–water partition coefficient (Wildman–Crippen LogP) is 6.49. The Labute approximate surface area is 197 Å². The molecule has 0 saturated carbocycles. The van der Waals surface area contributed by atoms with E-state index >= 15 is 0 Å². The summed E-state index contributed by atoms with van der Waals surface area (Å²) < 4.78 is 37.9. The smallest absolute Gasteiger partial charge is 0.411 e. The first-order valence-corrected chi connectivity index (χ1v) is 13.0. The molecule has 0 bridgehead atoms. The fourth-order valence-electron chi connectivity index (χ4n) is 3.76. The Balaban J connectivity index is 1.92. The highest BCUT2D eigenvalue weighted by molar-refractivity contribution is 7.86. The van der Waals surface area contributed by atoms with Crippen molar-refractivity contribution in [3.05, 3.63) is 41.5 Å². The van der Waals surface area contributed by atoms with E-state index in [2.05, 4.69) is 12.2 Å². The Morgan fingerprint density at radius 2 is 1.61 bits per heavy atom. The van der Waals surface area contributed by atoms with Crippen molar-refractivity contribution >= 4 is 27.6 Å². The van der Waals surface area contributed by atoms with E-state index in [9.17, 15) is 17.8 Å². The molecule has 2 aromatic carbocycles. The molecule has 0 atom stereocenters. The first-order valence-electron chi connectivity index (χ1n) is 11.6. The minimum Gasteiger partial charge on any atom is -0.449 e. The summed E-state index contributed by atoms with van der Waals surface area (Å²) in [7, 11) is -4.43. The van der Waals surface area contributed by atoms with Gasteiger partial charge in [-0.2, -0.15) is 8.42 Å². The molecule has 0 heterocycles. The number of rotatable bonds is 12. The van der Waals surface area contributed by atoms with E-state index in [1.807, 2.05) is 19.9 Å². The van der Waals surface area contributed by atoms with Gasteiger partial charge < -0.3 is 10.5 Å². The van der Waals surface area contributed by atoms with Crippen molar-refractivity contribution in [2.45, 2.75) is 77.0 Å². The number of aryl methyl sites for hydroxylation is 2. The average Bonchev–Trinajstić information content (AvgIpc) is 2.73. The van der Waals surface area contributed by atoms with Gasteiger partial charge in [-0.1, -0.05) is 57.9 Å². The first kappa shape index (κ1) is 26.7. The standard InChI is InChI=1S/C25H36N2O5S/c1-4-5-6-7-8-9-10-11-14-32-25(28)27-23-13-12-20(15-19(23)3)21-17-24(33(29,30)31)22(26)16-18(21)2/h12-13,15-17H,4-11,14,26H2,1-3H3,(H,27,28)(H,29,30,31). The maximum absolute atomic E-state index is 12.1. The van der Waals surface area contributed by atoms with Crippen LogP contribution in [0, 0.1) is 13.8 Å². The number of unbranched alkanes of at least 4 members (excludes halogenated alkanes) is 7. The highest BCUT2D eigenvalue weighted by Gasteiger charge is 2.17. The number of carbonyl (C=O) groups is 1. The minimum atomic E-state index is -4.43. The number of nitrogens with two attached hydrogens (primary N) is 1. The zero-order valence-corrected chi connectivity index (χ0v) is 20.6. The first-order chi connectivity index (χ1) is 15.6. The molecule has 0 fully saturated rings. The molecule has 7 nitrogen and oxygen atoms in total. The van der Waals surface area contributed by atoms with Crippen molar-refractivity contribution in [2.24, 2.45) is 0 Å². The van der Waals surface area contributed by atoms with Gasteiger partial charge >= 0.3 is 6.09 Å². The monoisotopic (exact) mass is 476 g/mol. The van der Waals surface area contributed by atoms with Crippen LogP contribution in [0.2, 0.25) is 0 Å². The molecule has 33 heavy (non-hydrogen) atoms. The number of nitrogens with one attached hydrogen (secondary N) is 1. The lowest BCUT2D eigenvalue weighted by Crippen LogP contribution is -2.15. The summed E-state index contributed by atoms with van der Waals surface area (Å²) in [6.07, 6.45) is 8.94. The molecule has 0 saturated heterocycles. The van der Waals surface area contributed by atoms with Crippen molar-refractivity contribution < 1.29 is 22.5 Å². The molecule has 2 aromatic rings. The third kappa shape index (κ3) is 8.37. The Bertz CT molecular complexity index is 1050. The SMILES string of the molecule is CCCCCCCCCCOC(=O)Nc1ccc(-c2cc(S(=O)(=O)O)c(N)cc2C)cc1C. The van der Waals surface area contributed by atoms with E-state index in [-0.39, 0.29) is 10.6 Å². The quantitative estimate of drug-likeness (QED) is 0.183. The summed E-state index contributed by atoms with van der Waals surface area (Å²) >= 11 is 0. The van der Waals surface area contributed by atoms with Crippen LogP contribution >= 0.6 is 0 Å². The minimum absolute atomic E-state index is 0.00648. The molecule has 0 aliphatic heterocycles. The van der Waals surface area contributed by atoms with Gasteiger partial charge in [-0.25, -0.2) is 4.79 Å². The van der Waals surface area contributed by atoms with Crippen molar-refractivity contribution in [3.8, 4) is 11.1 Å². The lowest BCUT2D eigenvalue weighted by molar-refractivity contribution is 0.159. The van der Waals surface area contributed by atoms with Crippen LogP contribution in [0.25, 0.3) is 11.1 Å². The van der Waals surface area contributed by atoms with Crippen LogP contribution in [0.1, 0.15) is 69.4 Å². The molecule has 0 spiro atoms. The van der Waals surface area contributed by atoms with Gasteiger partial charge in [-0.3, -0.25) is 9.87 Å². The number of carbonyl (C=O) groups excluding carboxylic acids is 1. The fraction of sp³-hybridized carbons (Fsp3) is 0.480. The largest absolute Gasteiger partial charge is 0.449 e. The second-order valence-corrected chi connectivity index (χ2v) is 9.84. The number of anilines is 2. The number of benzene rings is 2. The molecule has 4 N–H and O–H groups in total. The van der Waals surface area contributed by atoms with Crippen molar-refractivity contribution in [1.82, 2.24) is 0 Å². The van der Waals surface area contributed by atoms with E-state index in [4.69, 9.17) is 10.5 Å². The molecule has 182 valence electrons. The van der Waals surface area contributed by atoms with Crippen LogP contribution in [-0.2, 0) is 14.9 Å². The summed E-state index contributed by atoms with van der Waals surface area (Å²) in [6, 6.07) is 8.22. The summed E-state index contributed by atoms with van der Waals surface area (Å²) in [5.41, 5.74) is 9.29. The Hall–Kier alpha value is -2.58. The van der Waals surface area contributed by atoms with E-state index in [0.717, 1.165) is 29.5 Å². The van der Waals surface area contributed by atoms with Crippen molar-refractivity contribution in [3.63, 3.8) is 0 Å². The Morgan fingerprint density at radius 1 is 0.970 bits per heavy atom. The highest BCUT2D eigenvalue weighted by atomic mass is 32.2. The molecule has 1 amide bonds. The Kier molecular flexibility index (Phi) is 10.2. The van der Waals surface area contributed by atoms with Crippen LogP contribution in [0.4, 0.5) is 16.2 Å². The van der Waals surface area contributed by atoms with Crippen LogP contribution < -0.4 is 11.1 Å². The number of nitrogen functional groups attached to an aromatic ring is 1. The van der Waals surface area contributed by atoms with Gasteiger partial charge in [-0.05, 0) is 66.8 Å². The maximum atomic E-state index is 12.1. The predicted molar refractivity (Wildman–Crippen MR) is 133 cm³/mol. The van der Waals surface area contributed by atoms with Crippen LogP contribution in [0.3, 0.4) is 0 Å². The third-order valence-corrected chi connectivity index (χ3v) is 6.55. The third-order valence-electron chi connectivity index (χ3n) is 5.64. The van der Waals surface area contributed by atoms with E-state index < -0.39 is 16.2 Å². The maximum Gasteiger partial charge on any atom is 0.411 e. The van der Waals surface area contributed by atoms with Crippen molar-refractivity contribution in [1.29, 1.82) is 0 Å². The number of ether oxygens (including phenoxy) is 1. The van der Waals surface area contributed by atoms with Gasteiger partial charge in [0.05, 0.1) is 12.3 Å². The summed E-state index contributed by atoms with van der Waals surface area (Å²) in [5.74, 6) is 0. The summed E-state index contributed by atoms with van der Waals surface area (Å²) in [6.45, 7) is 6.25. The zero-order chi connectivity index (χ0) is 24.4. The highest BCUT2D eigenvalue weighted by Crippen LogP contribution is 2.32. The summed E-state index contributed by atoms with van der Waals surface area (Å²) in [4.78, 5) is 11.8.